The van der Waals surface area contributed by atoms with E-state index in [1.54, 1.807) is 6.92 Å². The van der Waals surface area contributed by atoms with Crippen LogP contribution in [0.3, 0.4) is 0 Å². The molecule has 1 rings (SSSR count). The zero-order chi connectivity index (χ0) is 13.9. The van der Waals surface area contributed by atoms with Gasteiger partial charge < -0.3 is 5.32 Å². The Balaban J connectivity index is 2.85. The average Bonchev–Trinajstić information content (AvgIpc) is 2.20. The number of hydrogen-bond donors (Lipinski definition) is 1. The minimum atomic E-state index is -3.04. The quantitative estimate of drug-likeness (QED) is 0.662. The Labute approximate surface area is 110 Å². The van der Waals surface area contributed by atoms with Crippen LogP contribution in [0.5, 0.6) is 0 Å². The number of aryl methyl sites for hydroxylation is 1. The third kappa shape index (κ3) is 4.15. The number of sulfone groups is 1. The number of nitro benzene ring substituents is 1. The van der Waals surface area contributed by atoms with Crippen molar-refractivity contribution in [1.29, 1.82) is 0 Å². The largest absolute Gasteiger partial charge is 0.384 e. The van der Waals surface area contributed by atoms with Crippen LogP contribution in [0, 0.1) is 17.0 Å². The first-order valence-electron chi connectivity index (χ1n) is 5.07. The van der Waals surface area contributed by atoms with Crippen molar-refractivity contribution in [3.05, 3.63) is 32.8 Å². The molecule has 18 heavy (non-hydrogen) atoms. The summed E-state index contributed by atoms with van der Waals surface area (Å²) < 4.78 is 21.9. The predicted molar refractivity (Wildman–Crippen MR) is 71.0 cm³/mol. The minimum absolute atomic E-state index is 0.0129. The van der Waals surface area contributed by atoms with Gasteiger partial charge >= 0.3 is 0 Å². The van der Waals surface area contributed by atoms with Gasteiger partial charge in [-0.15, -0.1) is 0 Å². The standard InChI is InChI=1S/C10H13ClN2O4S/c1-7-5-10(13(14)15)8(11)6-9(7)12-3-4-18(2,16)17/h5-6,12H,3-4H2,1-2H3. The van der Waals surface area contributed by atoms with Crippen LogP contribution in [0.2, 0.25) is 5.02 Å². The SMILES string of the molecule is Cc1cc([N+](=O)[O-])c(Cl)cc1NCCS(C)(=O)=O. The Morgan fingerprint density at radius 3 is 2.56 bits per heavy atom. The van der Waals surface area contributed by atoms with Gasteiger partial charge in [0.1, 0.15) is 14.9 Å². The molecule has 0 atom stereocenters. The Kier molecular flexibility index (Phi) is 4.53. The number of nitro groups is 1. The summed E-state index contributed by atoms with van der Waals surface area (Å²) in [5, 5.41) is 13.6. The van der Waals surface area contributed by atoms with Crippen molar-refractivity contribution in [3.63, 3.8) is 0 Å². The summed E-state index contributed by atoms with van der Waals surface area (Å²) >= 11 is 5.77. The number of anilines is 1. The van der Waals surface area contributed by atoms with E-state index in [4.69, 9.17) is 11.6 Å². The lowest BCUT2D eigenvalue weighted by Crippen LogP contribution is -2.14. The molecular weight excluding hydrogens is 280 g/mol. The summed E-state index contributed by atoms with van der Waals surface area (Å²) in [4.78, 5) is 10.1. The van der Waals surface area contributed by atoms with E-state index in [0.29, 0.717) is 11.3 Å². The summed E-state index contributed by atoms with van der Waals surface area (Å²) in [6.45, 7) is 1.92. The predicted octanol–water partition coefficient (Wildman–Crippen LogP) is 2.01. The summed E-state index contributed by atoms with van der Waals surface area (Å²) in [7, 11) is -3.04. The highest BCUT2D eigenvalue weighted by molar-refractivity contribution is 7.90. The fraction of sp³-hybridized carbons (Fsp3) is 0.400. The molecule has 0 aliphatic heterocycles. The number of halogens is 1. The molecule has 1 aromatic carbocycles. The second-order valence-electron chi connectivity index (χ2n) is 3.93. The van der Waals surface area contributed by atoms with Gasteiger partial charge in [0.25, 0.3) is 5.69 Å². The highest BCUT2D eigenvalue weighted by atomic mass is 35.5. The van der Waals surface area contributed by atoms with Gasteiger partial charge in [-0.1, -0.05) is 11.6 Å². The zero-order valence-electron chi connectivity index (χ0n) is 9.94. The normalized spacial score (nSPS) is 11.3. The monoisotopic (exact) mass is 292 g/mol. The van der Waals surface area contributed by atoms with Crippen LogP contribution in [-0.4, -0.2) is 31.9 Å². The van der Waals surface area contributed by atoms with Crippen molar-refractivity contribution in [3.8, 4) is 0 Å². The van der Waals surface area contributed by atoms with E-state index < -0.39 is 14.8 Å². The number of nitrogens with one attached hydrogen (secondary N) is 1. The smallest absolute Gasteiger partial charge is 0.288 e. The van der Waals surface area contributed by atoms with E-state index in [1.807, 2.05) is 0 Å². The second-order valence-corrected chi connectivity index (χ2v) is 6.60. The number of rotatable bonds is 5. The van der Waals surface area contributed by atoms with Gasteiger partial charge in [0, 0.05) is 24.6 Å². The summed E-state index contributed by atoms with van der Waals surface area (Å²) in [6, 6.07) is 2.78. The number of benzene rings is 1. The van der Waals surface area contributed by atoms with Crippen molar-refractivity contribution >= 4 is 32.8 Å². The molecule has 0 bridgehead atoms. The lowest BCUT2D eigenvalue weighted by Gasteiger charge is -2.09. The van der Waals surface area contributed by atoms with Gasteiger partial charge in [-0.25, -0.2) is 8.42 Å². The molecule has 0 heterocycles. The molecule has 0 radical (unpaired) electrons. The minimum Gasteiger partial charge on any atom is -0.384 e. The maximum absolute atomic E-state index is 11.0. The molecule has 0 saturated carbocycles. The van der Waals surface area contributed by atoms with Crippen LogP contribution in [0.1, 0.15) is 5.56 Å². The molecule has 1 N–H and O–H groups in total. The van der Waals surface area contributed by atoms with Gasteiger partial charge in [0.05, 0.1) is 10.7 Å². The third-order valence-corrected chi connectivity index (χ3v) is 3.53. The Bertz CT molecular complexity index is 571. The van der Waals surface area contributed by atoms with Crippen molar-refractivity contribution < 1.29 is 13.3 Å². The molecule has 0 spiro atoms. The molecule has 0 fully saturated rings. The first-order valence-corrected chi connectivity index (χ1v) is 7.50. The molecule has 100 valence electrons. The molecule has 0 aromatic heterocycles. The second kappa shape index (κ2) is 5.53. The van der Waals surface area contributed by atoms with Gasteiger partial charge in [-0.2, -0.15) is 0 Å². The Morgan fingerprint density at radius 2 is 2.06 bits per heavy atom. The number of hydrogen-bond acceptors (Lipinski definition) is 5. The topological polar surface area (TPSA) is 89.3 Å². The van der Waals surface area contributed by atoms with Gasteiger partial charge in [0.2, 0.25) is 0 Å². The van der Waals surface area contributed by atoms with Crippen LogP contribution in [-0.2, 0) is 9.84 Å². The average molecular weight is 293 g/mol. The van der Waals surface area contributed by atoms with Crippen LogP contribution < -0.4 is 5.32 Å². The fourth-order valence-corrected chi connectivity index (χ4v) is 2.07. The van der Waals surface area contributed by atoms with E-state index in [2.05, 4.69) is 5.32 Å². The lowest BCUT2D eigenvalue weighted by molar-refractivity contribution is -0.384. The Hall–Kier alpha value is -1.34. The molecule has 8 heteroatoms. The van der Waals surface area contributed by atoms with Gasteiger partial charge in [-0.3, -0.25) is 10.1 Å². The van der Waals surface area contributed by atoms with Gasteiger partial charge in [0.15, 0.2) is 0 Å². The van der Waals surface area contributed by atoms with E-state index in [0.717, 1.165) is 6.26 Å². The summed E-state index contributed by atoms with van der Waals surface area (Å²) in [5.41, 5.74) is 1.07. The Morgan fingerprint density at radius 1 is 1.44 bits per heavy atom. The maximum atomic E-state index is 11.0. The molecule has 0 aliphatic rings. The zero-order valence-corrected chi connectivity index (χ0v) is 11.5. The van der Waals surface area contributed by atoms with Crippen molar-refractivity contribution in [1.82, 2.24) is 0 Å². The first kappa shape index (κ1) is 14.7. The first-order chi connectivity index (χ1) is 8.20. The lowest BCUT2D eigenvalue weighted by atomic mass is 10.2. The van der Waals surface area contributed by atoms with Crippen LogP contribution in [0.4, 0.5) is 11.4 Å². The van der Waals surface area contributed by atoms with Crippen LogP contribution >= 0.6 is 11.6 Å². The highest BCUT2D eigenvalue weighted by Crippen LogP contribution is 2.30. The maximum Gasteiger partial charge on any atom is 0.288 e. The van der Waals surface area contributed by atoms with Crippen molar-refractivity contribution in [2.45, 2.75) is 6.92 Å². The molecule has 0 amide bonds. The third-order valence-electron chi connectivity index (χ3n) is 2.28. The summed E-state index contributed by atoms with van der Waals surface area (Å²) in [5.74, 6) is -0.0129. The molecule has 1 aromatic rings. The number of nitrogens with zero attached hydrogens (tertiary/aromatic N) is 1. The van der Waals surface area contributed by atoms with E-state index in [-0.39, 0.29) is 23.0 Å². The van der Waals surface area contributed by atoms with Gasteiger partial charge in [-0.05, 0) is 18.6 Å². The van der Waals surface area contributed by atoms with Crippen LogP contribution in [0.15, 0.2) is 12.1 Å². The highest BCUT2D eigenvalue weighted by Gasteiger charge is 2.15. The fourth-order valence-electron chi connectivity index (χ4n) is 1.37. The molecule has 0 saturated heterocycles. The van der Waals surface area contributed by atoms with E-state index in [9.17, 15) is 18.5 Å². The summed E-state index contributed by atoms with van der Waals surface area (Å²) in [6.07, 6.45) is 1.14. The molecular formula is C10H13ClN2O4S. The van der Waals surface area contributed by atoms with E-state index in [1.165, 1.54) is 12.1 Å². The molecule has 0 unspecified atom stereocenters. The molecule has 6 nitrogen and oxygen atoms in total. The van der Waals surface area contributed by atoms with E-state index >= 15 is 0 Å². The van der Waals surface area contributed by atoms with Crippen molar-refractivity contribution in [2.24, 2.45) is 0 Å². The molecule has 0 aliphatic carbocycles. The van der Waals surface area contributed by atoms with Crippen LogP contribution in [0.25, 0.3) is 0 Å². The van der Waals surface area contributed by atoms with Crippen molar-refractivity contribution in [2.75, 3.05) is 23.9 Å².